The number of aldehydes is 1. The highest BCUT2D eigenvalue weighted by Gasteiger charge is 2.34. The number of carbonyl (C=O) groups excluding carboxylic acids is 1. The third-order valence-electron chi connectivity index (χ3n) is 2.50. The van der Waals surface area contributed by atoms with Crippen molar-refractivity contribution >= 4 is 23.3 Å². The van der Waals surface area contributed by atoms with Crippen LogP contribution in [-0.2, 0) is 6.18 Å². The van der Waals surface area contributed by atoms with Crippen molar-refractivity contribution in [2.24, 2.45) is 0 Å². The molecule has 7 heteroatoms. The first kappa shape index (κ1) is 12.2. The van der Waals surface area contributed by atoms with Gasteiger partial charge in [-0.05, 0) is 12.1 Å². The Morgan fingerprint density at radius 2 is 2.00 bits per heavy atom. The lowest BCUT2D eigenvalue weighted by atomic mass is 10.1. The van der Waals surface area contributed by atoms with E-state index in [9.17, 15) is 22.8 Å². The fourth-order valence-electron chi connectivity index (χ4n) is 1.80. The summed E-state index contributed by atoms with van der Waals surface area (Å²) in [6.45, 7) is 0. The molecule has 0 unspecified atom stereocenters. The third kappa shape index (κ3) is 1.73. The fraction of sp³-hybridized carbons (Fsp3) is 0.0909. The van der Waals surface area contributed by atoms with Crippen molar-refractivity contribution in [1.82, 2.24) is 4.57 Å². The molecule has 1 aromatic carbocycles. The Kier molecular flexibility index (Phi) is 2.61. The van der Waals surface area contributed by atoms with Gasteiger partial charge in [-0.15, -0.1) is 0 Å². The van der Waals surface area contributed by atoms with Crippen LogP contribution in [0.25, 0.3) is 10.9 Å². The van der Waals surface area contributed by atoms with Gasteiger partial charge in [-0.2, -0.15) is 13.2 Å². The third-order valence-corrected chi connectivity index (χ3v) is 2.50. The summed E-state index contributed by atoms with van der Waals surface area (Å²) in [5, 5.41) is 8.45. The van der Waals surface area contributed by atoms with Gasteiger partial charge >= 0.3 is 12.3 Å². The van der Waals surface area contributed by atoms with Gasteiger partial charge in [0.25, 0.3) is 0 Å². The molecular weight excluding hydrogens is 251 g/mol. The maximum Gasteiger partial charge on any atom is 0.417 e. The number of nitrogens with zero attached hydrogens (tertiary/aromatic N) is 1. The topological polar surface area (TPSA) is 59.3 Å². The molecule has 0 saturated heterocycles. The Morgan fingerprint density at radius 1 is 1.33 bits per heavy atom. The summed E-state index contributed by atoms with van der Waals surface area (Å²) in [6, 6.07) is 3.12. The van der Waals surface area contributed by atoms with Crippen molar-refractivity contribution in [1.29, 1.82) is 0 Å². The van der Waals surface area contributed by atoms with E-state index in [1.807, 2.05) is 0 Å². The van der Waals surface area contributed by atoms with E-state index in [2.05, 4.69) is 0 Å². The Bertz CT molecular complexity index is 643. The number of hydrogen-bond acceptors (Lipinski definition) is 2. The highest BCUT2D eigenvalue weighted by molar-refractivity contribution is 6.03. The number of alkyl halides is 3. The number of benzene rings is 1. The normalized spacial score (nSPS) is 11.7. The molecule has 0 saturated carbocycles. The number of carboxylic acid groups (broad SMARTS) is 1. The first-order valence-corrected chi connectivity index (χ1v) is 4.76. The van der Waals surface area contributed by atoms with Gasteiger partial charge < -0.3 is 5.11 Å². The summed E-state index contributed by atoms with van der Waals surface area (Å²) in [5.74, 6) is 0. The Morgan fingerprint density at radius 3 is 2.50 bits per heavy atom. The quantitative estimate of drug-likeness (QED) is 0.799. The second-order valence-corrected chi connectivity index (χ2v) is 3.55. The smallest absolute Gasteiger partial charge is 0.417 e. The first-order chi connectivity index (χ1) is 8.36. The lowest BCUT2D eigenvalue weighted by Crippen LogP contribution is -2.08. The van der Waals surface area contributed by atoms with Gasteiger partial charge in [-0.25, -0.2) is 4.79 Å². The molecule has 0 atom stereocenters. The summed E-state index contributed by atoms with van der Waals surface area (Å²) in [5.41, 5.74) is -1.50. The van der Waals surface area contributed by atoms with Crippen LogP contribution in [0.1, 0.15) is 15.9 Å². The Hall–Kier alpha value is -2.31. The standard InChI is InChI=1S/C11H6F3NO3/c12-11(13,14)7-2-1-3-8-9(7)6(5-16)4-15(8)10(17)18/h1-5H,(H,17,18). The predicted octanol–water partition coefficient (Wildman–Crippen LogP) is 3.00. The van der Waals surface area contributed by atoms with Crippen LogP contribution in [-0.4, -0.2) is 22.1 Å². The summed E-state index contributed by atoms with van der Waals surface area (Å²) < 4.78 is 38.9. The summed E-state index contributed by atoms with van der Waals surface area (Å²) >= 11 is 0. The molecule has 0 radical (unpaired) electrons. The van der Waals surface area contributed by atoms with E-state index >= 15 is 0 Å². The second-order valence-electron chi connectivity index (χ2n) is 3.55. The Labute approximate surface area is 98.2 Å². The van der Waals surface area contributed by atoms with Crippen LogP contribution in [0.3, 0.4) is 0 Å². The highest BCUT2D eigenvalue weighted by Crippen LogP contribution is 2.36. The van der Waals surface area contributed by atoms with Gasteiger partial charge in [-0.1, -0.05) is 6.07 Å². The molecule has 0 fully saturated rings. The molecule has 4 nitrogen and oxygen atoms in total. The molecule has 94 valence electrons. The number of hydrogen-bond donors (Lipinski definition) is 1. The molecule has 0 bridgehead atoms. The van der Waals surface area contributed by atoms with Gasteiger partial charge in [0.15, 0.2) is 6.29 Å². The van der Waals surface area contributed by atoms with E-state index in [1.54, 1.807) is 0 Å². The monoisotopic (exact) mass is 257 g/mol. The SMILES string of the molecule is O=Cc1cn(C(=O)O)c2cccc(C(F)(F)F)c12. The average Bonchev–Trinajstić information content (AvgIpc) is 2.66. The van der Waals surface area contributed by atoms with Crippen LogP contribution in [0.5, 0.6) is 0 Å². The van der Waals surface area contributed by atoms with Crippen molar-refractivity contribution in [2.45, 2.75) is 6.18 Å². The van der Waals surface area contributed by atoms with Crippen molar-refractivity contribution in [3.8, 4) is 0 Å². The average molecular weight is 257 g/mol. The number of carbonyl (C=O) groups is 2. The summed E-state index contributed by atoms with van der Waals surface area (Å²) in [4.78, 5) is 21.6. The van der Waals surface area contributed by atoms with E-state index in [0.29, 0.717) is 4.57 Å². The van der Waals surface area contributed by atoms with Crippen LogP contribution in [0.2, 0.25) is 0 Å². The molecule has 0 aliphatic rings. The van der Waals surface area contributed by atoms with E-state index in [1.165, 1.54) is 6.07 Å². The minimum absolute atomic E-state index is 0.167. The summed E-state index contributed by atoms with van der Waals surface area (Å²) in [7, 11) is 0. The van der Waals surface area contributed by atoms with Gasteiger partial charge in [-0.3, -0.25) is 9.36 Å². The van der Waals surface area contributed by atoms with E-state index in [4.69, 9.17) is 5.11 Å². The maximum absolute atomic E-state index is 12.8. The molecule has 0 spiro atoms. The number of aromatic nitrogens is 1. The number of halogens is 3. The highest BCUT2D eigenvalue weighted by atomic mass is 19.4. The van der Waals surface area contributed by atoms with Gasteiger partial charge in [0, 0.05) is 17.1 Å². The molecular formula is C11H6F3NO3. The van der Waals surface area contributed by atoms with Crippen LogP contribution in [0.15, 0.2) is 24.4 Å². The fourth-order valence-corrected chi connectivity index (χ4v) is 1.80. The van der Waals surface area contributed by atoms with Crippen molar-refractivity contribution in [2.75, 3.05) is 0 Å². The molecule has 1 N–H and O–H groups in total. The van der Waals surface area contributed by atoms with E-state index in [-0.39, 0.29) is 17.4 Å². The zero-order valence-electron chi connectivity index (χ0n) is 8.73. The predicted molar refractivity (Wildman–Crippen MR) is 55.8 cm³/mol. The van der Waals surface area contributed by atoms with E-state index in [0.717, 1.165) is 18.3 Å². The molecule has 0 amide bonds. The lowest BCUT2D eigenvalue weighted by molar-refractivity contribution is -0.136. The van der Waals surface area contributed by atoms with Crippen LogP contribution in [0.4, 0.5) is 18.0 Å². The minimum atomic E-state index is -4.65. The molecule has 0 aliphatic heterocycles. The second kappa shape index (κ2) is 3.86. The molecule has 2 aromatic rings. The van der Waals surface area contributed by atoms with Crippen LogP contribution < -0.4 is 0 Å². The van der Waals surface area contributed by atoms with Gasteiger partial charge in [0.2, 0.25) is 0 Å². The van der Waals surface area contributed by atoms with Crippen LogP contribution >= 0.6 is 0 Å². The number of fused-ring (bicyclic) bond motifs is 1. The van der Waals surface area contributed by atoms with Crippen LogP contribution in [0, 0.1) is 0 Å². The van der Waals surface area contributed by atoms with Crippen molar-refractivity contribution in [3.63, 3.8) is 0 Å². The number of rotatable bonds is 1. The van der Waals surface area contributed by atoms with Gasteiger partial charge in [0.1, 0.15) is 0 Å². The first-order valence-electron chi connectivity index (χ1n) is 4.76. The van der Waals surface area contributed by atoms with E-state index < -0.39 is 23.2 Å². The van der Waals surface area contributed by atoms with Crippen molar-refractivity contribution in [3.05, 3.63) is 35.5 Å². The molecule has 1 aromatic heterocycles. The zero-order chi connectivity index (χ0) is 13.5. The lowest BCUT2D eigenvalue weighted by Gasteiger charge is -2.08. The molecule has 0 aliphatic carbocycles. The molecule has 18 heavy (non-hydrogen) atoms. The zero-order valence-corrected chi connectivity index (χ0v) is 8.73. The van der Waals surface area contributed by atoms with Crippen molar-refractivity contribution < 1.29 is 27.9 Å². The summed E-state index contributed by atoms with van der Waals surface area (Å²) in [6.07, 6.45) is -5.03. The minimum Gasteiger partial charge on any atom is -0.464 e. The molecule has 1 heterocycles. The Balaban J connectivity index is 2.92. The van der Waals surface area contributed by atoms with Gasteiger partial charge in [0.05, 0.1) is 11.1 Å². The maximum atomic E-state index is 12.8. The largest absolute Gasteiger partial charge is 0.464 e. The molecule has 2 rings (SSSR count).